The fourth-order valence-electron chi connectivity index (χ4n) is 3.57. The van der Waals surface area contributed by atoms with Crippen molar-refractivity contribution in [1.82, 2.24) is 4.98 Å². The van der Waals surface area contributed by atoms with Crippen LogP contribution in [-0.4, -0.2) is 29.7 Å². The lowest BCUT2D eigenvalue weighted by molar-refractivity contribution is 0.0190. The number of rotatable bonds is 11. The number of hydrogen-bond donors (Lipinski definition) is 1. The molecule has 0 radical (unpaired) electrons. The Morgan fingerprint density at radius 2 is 1.71 bits per heavy atom. The molecule has 2 aromatic carbocycles. The average Bonchev–Trinajstić information content (AvgIpc) is 2.78. The molecule has 1 aromatic heterocycles. The van der Waals surface area contributed by atoms with Gasteiger partial charge in [0.1, 0.15) is 17.2 Å². The van der Waals surface area contributed by atoms with Crippen molar-refractivity contribution in [3.8, 4) is 17.2 Å². The van der Waals surface area contributed by atoms with E-state index >= 15 is 0 Å². The predicted octanol–water partition coefficient (Wildman–Crippen LogP) is 6.58. The van der Waals surface area contributed by atoms with Gasteiger partial charge in [0.2, 0.25) is 0 Å². The third-order valence-electron chi connectivity index (χ3n) is 5.01. The van der Waals surface area contributed by atoms with Crippen LogP contribution in [0, 0.1) is 6.92 Å². The van der Waals surface area contributed by atoms with E-state index in [4.69, 9.17) is 14.2 Å². The largest absolute Gasteiger partial charge is 0.494 e. The SMILES string of the molecule is CCCOc1ccc(Oc2cccc(NC(=O)c3ccc(CC(C)OC(C)C)nc3C)c2)cc1. The molecule has 3 aromatic rings. The summed E-state index contributed by atoms with van der Waals surface area (Å²) in [4.78, 5) is 17.5. The first-order valence-corrected chi connectivity index (χ1v) is 11.8. The van der Waals surface area contributed by atoms with Crippen LogP contribution in [0.4, 0.5) is 5.69 Å². The first kappa shape index (κ1) is 25.2. The number of benzene rings is 2. The van der Waals surface area contributed by atoms with E-state index in [1.54, 1.807) is 6.07 Å². The standard InChI is InChI=1S/C28H34N2O4/c1-6-16-32-24-11-13-25(14-12-24)34-26-9-7-8-22(18-26)30-28(31)27-15-10-23(29-21(27)5)17-20(4)33-19(2)3/h7-15,18-20H,6,16-17H2,1-5H3,(H,30,31). The molecule has 0 spiro atoms. The summed E-state index contributed by atoms with van der Waals surface area (Å²) >= 11 is 0. The molecular weight excluding hydrogens is 428 g/mol. The number of hydrogen-bond acceptors (Lipinski definition) is 5. The van der Waals surface area contributed by atoms with Crippen LogP contribution in [0.5, 0.6) is 17.2 Å². The Morgan fingerprint density at radius 1 is 0.971 bits per heavy atom. The van der Waals surface area contributed by atoms with Crippen LogP contribution in [0.1, 0.15) is 55.9 Å². The molecular formula is C28H34N2O4. The Morgan fingerprint density at radius 3 is 2.38 bits per heavy atom. The number of nitrogens with zero attached hydrogens (tertiary/aromatic N) is 1. The van der Waals surface area contributed by atoms with Crippen LogP contribution in [0.15, 0.2) is 60.7 Å². The molecule has 0 aliphatic carbocycles. The number of nitrogens with one attached hydrogen (secondary N) is 1. The maximum absolute atomic E-state index is 12.9. The Hall–Kier alpha value is -3.38. The molecule has 180 valence electrons. The zero-order valence-corrected chi connectivity index (χ0v) is 20.6. The quantitative estimate of drug-likeness (QED) is 0.349. The smallest absolute Gasteiger partial charge is 0.257 e. The van der Waals surface area contributed by atoms with E-state index in [0.717, 1.165) is 17.9 Å². The highest BCUT2D eigenvalue weighted by Crippen LogP contribution is 2.26. The molecule has 0 saturated heterocycles. The van der Waals surface area contributed by atoms with Crippen molar-refractivity contribution >= 4 is 11.6 Å². The summed E-state index contributed by atoms with van der Waals surface area (Å²) < 4.78 is 17.3. The second-order valence-electron chi connectivity index (χ2n) is 8.54. The van der Waals surface area contributed by atoms with Crippen LogP contribution in [-0.2, 0) is 11.2 Å². The Balaban J connectivity index is 1.62. The molecule has 6 heteroatoms. The lowest BCUT2D eigenvalue weighted by Gasteiger charge is -2.16. The van der Waals surface area contributed by atoms with Gasteiger partial charge in [0.15, 0.2) is 0 Å². The van der Waals surface area contributed by atoms with Gasteiger partial charge in [-0.3, -0.25) is 9.78 Å². The Kier molecular flexibility index (Phi) is 9.05. The van der Waals surface area contributed by atoms with Crippen molar-refractivity contribution in [2.45, 2.75) is 59.7 Å². The second-order valence-corrected chi connectivity index (χ2v) is 8.54. The number of ether oxygens (including phenoxy) is 3. The lowest BCUT2D eigenvalue weighted by Crippen LogP contribution is -2.18. The minimum absolute atomic E-state index is 0.0642. The van der Waals surface area contributed by atoms with Crippen LogP contribution in [0.3, 0.4) is 0 Å². The van der Waals surface area contributed by atoms with E-state index < -0.39 is 0 Å². The van der Waals surface area contributed by atoms with E-state index in [-0.39, 0.29) is 18.1 Å². The highest BCUT2D eigenvalue weighted by Gasteiger charge is 2.14. The molecule has 6 nitrogen and oxygen atoms in total. The molecule has 3 rings (SSSR count). The second kappa shape index (κ2) is 12.2. The molecule has 34 heavy (non-hydrogen) atoms. The fourth-order valence-corrected chi connectivity index (χ4v) is 3.57. The minimum Gasteiger partial charge on any atom is -0.494 e. The molecule has 0 aliphatic rings. The van der Waals surface area contributed by atoms with Gasteiger partial charge in [-0.05, 0) is 82.6 Å². The summed E-state index contributed by atoms with van der Waals surface area (Å²) in [5, 5.41) is 2.94. The summed E-state index contributed by atoms with van der Waals surface area (Å²) in [6.07, 6.45) is 1.89. The molecule has 1 unspecified atom stereocenters. The monoisotopic (exact) mass is 462 g/mol. The van der Waals surface area contributed by atoms with Crippen LogP contribution < -0.4 is 14.8 Å². The zero-order chi connectivity index (χ0) is 24.5. The predicted molar refractivity (Wildman–Crippen MR) is 135 cm³/mol. The van der Waals surface area contributed by atoms with Crippen molar-refractivity contribution in [3.05, 3.63) is 77.6 Å². The van der Waals surface area contributed by atoms with E-state index in [9.17, 15) is 4.79 Å². The third kappa shape index (κ3) is 7.59. The van der Waals surface area contributed by atoms with Crippen molar-refractivity contribution in [1.29, 1.82) is 0 Å². The third-order valence-corrected chi connectivity index (χ3v) is 5.01. The number of carbonyl (C=O) groups is 1. The van der Waals surface area contributed by atoms with Crippen molar-refractivity contribution < 1.29 is 19.0 Å². The molecule has 0 bridgehead atoms. The lowest BCUT2D eigenvalue weighted by atomic mass is 10.1. The number of pyridine rings is 1. The molecule has 1 heterocycles. The summed E-state index contributed by atoms with van der Waals surface area (Å²) in [6, 6.07) is 18.5. The molecule has 0 saturated carbocycles. The molecule has 1 N–H and O–H groups in total. The van der Waals surface area contributed by atoms with E-state index in [1.807, 2.05) is 82.3 Å². The topological polar surface area (TPSA) is 69.7 Å². The van der Waals surface area contributed by atoms with Gasteiger partial charge >= 0.3 is 0 Å². The number of anilines is 1. The van der Waals surface area contributed by atoms with Gasteiger partial charge in [-0.1, -0.05) is 13.0 Å². The number of aromatic nitrogens is 1. The van der Waals surface area contributed by atoms with Gasteiger partial charge in [0.05, 0.1) is 30.1 Å². The molecule has 1 atom stereocenters. The van der Waals surface area contributed by atoms with Crippen molar-refractivity contribution in [2.24, 2.45) is 0 Å². The molecule has 0 aliphatic heterocycles. The van der Waals surface area contributed by atoms with Crippen LogP contribution in [0.25, 0.3) is 0 Å². The summed E-state index contributed by atoms with van der Waals surface area (Å²) in [5.41, 5.74) is 2.77. The van der Waals surface area contributed by atoms with Gasteiger partial charge in [0, 0.05) is 23.9 Å². The van der Waals surface area contributed by atoms with Crippen molar-refractivity contribution in [3.63, 3.8) is 0 Å². The van der Waals surface area contributed by atoms with Crippen molar-refractivity contribution in [2.75, 3.05) is 11.9 Å². The maximum atomic E-state index is 12.9. The average molecular weight is 463 g/mol. The first-order chi connectivity index (χ1) is 16.3. The molecule has 0 fully saturated rings. The molecule has 1 amide bonds. The zero-order valence-electron chi connectivity index (χ0n) is 20.6. The summed E-state index contributed by atoms with van der Waals surface area (Å²) in [7, 11) is 0. The number of aryl methyl sites for hydroxylation is 1. The van der Waals surface area contributed by atoms with Gasteiger partial charge in [-0.2, -0.15) is 0 Å². The van der Waals surface area contributed by atoms with Crippen LogP contribution >= 0.6 is 0 Å². The minimum atomic E-state index is -0.211. The first-order valence-electron chi connectivity index (χ1n) is 11.8. The van der Waals surface area contributed by atoms with E-state index in [0.29, 0.717) is 41.5 Å². The van der Waals surface area contributed by atoms with Gasteiger partial charge < -0.3 is 19.5 Å². The summed E-state index contributed by atoms with van der Waals surface area (Å²) in [5.74, 6) is 1.92. The number of amides is 1. The van der Waals surface area contributed by atoms with Gasteiger partial charge in [-0.25, -0.2) is 0 Å². The highest BCUT2D eigenvalue weighted by molar-refractivity contribution is 6.05. The van der Waals surface area contributed by atoms with E-state index in [1.165, 1.54) is 0 Å². The van der Waals surface area contributed by atoms with Gasteiger partial charge in [0.25, 0.3) is 5.91 Å². The van der Waals surface area contributed by atoms with E-state index in [2.05, 4.69) is 17.2 Å². The Bertz CT molecular complexity index is 1080. The maximum Gasteiger partial charge on any atom is 0.257 e. The fraction of sp³-hybridized carbons (Fsp3) is 0.357. The van der Waals surface area contributed by atoms with Gasteiger partial charge in [-0.15, -0.1) is 0 Å². The Labute approximate surface area is 202 Å². The summed E-state index contributed by atoms with van der Waals surface area (Å²) in [6.45, 7) is 10.7. The highest BCUT2D eigenvalue weighted by atomic mass is 16.5. The number of carbonyl (C=O) groups excluding carboxylic acids is 1. The normalized spacial score (nSPS) is 11.8. The van der Waals surface area contributed by atoms with Crippen LogP contribution in [0.2, 0.25) is 0 Å².